The highest BCUT2D eigenvalue weighted by atomic mass is 32.2. The molecule has 0 fully saturated rings. The predicted molar refractivity (Wildman–Crippen MR) is 139 cm³/mol. The minimum absolute atomic E-state index is 0.0685. The summed E-state index contributed by atoms with van der Waals surface area (Å²) in [6.07, 6.45) is 5.55. The van der Waals surface area contributed by atoms with Crippen molar-refractivity contribution in [1.29, 1.82) is 0 Å². The number of carbonyl (C=O) groups is 1. The van der Waals surface area contributed by atoms with Crippen molar-refractivity contribution in [3.8, 4) is 18.1 Å². The Morgan fingerprint density at radius 1 is 1.11 bits per heavy atom. The van der Waals surface area contributed by atoms with Gasteiger partial charge < -0.3 is 18.8 Å². The van der Waals surface area contributed by atoms with Gasteiger partial charge in [-0.1, -0.05) is 17.3 Å². The van der Waals surface area contributed by atoms with Crippen LogP contribution < -0.4 is 9.54 Å². The van der Waals surface area contributed by atoms with E-state index in [2.05, 4.69) is 10.9 Å². The number of rotatable bonds is 12. The van der Waals surface area contributed by atoms with Crippen LogP contribution in [0.2, 0.25) is 0 Å². The Labute approximate surface area is 215 Å². The summed E-state index contributed by atoms with van der Waals surface area (Å²) in [6.45, 7) is 3.56. The second-order valence-electron chi connectivity index (χ2n) is 7.57. The summed E-state index contributed by atoms with van der Waals surface area (Å²) in [5.41, 5.74) is 1.11. The zero-order chi connectivity index (χ0) is 26.1. The number of hydrogen-bond acceptors (Lipinski definition) is 7. The number of amides is 1. The van der Waals surface area contributed by atoms with E-state index in [1.54, 1.807) is 4.57 Å². The highest BCUT2D eigenvalue weighted by Gasteiger charge is 2.24. The molecule has 9 nitrogen and oxygen atoms in total. The van der Waals surface area contributed by atoms with E-state index in [4.69, 9.17) is 20.6 Å². The van der Waals surface area contributed by atoms with E-state index >= 15 is 0 Å². The number of fused-ring (bicyclic) bond motifs is 1. The Morgan fingerprint density at radius 2 is 1.78 bits per heavy atom. The van der Waals surface area contributed by atoms with Crippen LogP contribution in [0.15, 0.2) is 52.4 Å². The van der Waals surface area contributed by atoms with Gasteiger partial charge in [0.1, 0.15) is 5.75 Å². The number of aromatic nitrogens is 1. The number of terminal acetylenes is 1. The van der Waals surface area contributed by atoms with E-state index in [0.717, 1.165) is 16.0 Å². The standard InChI is InChI=1S/C25H29N3O6S2/c1-5-13-28-22-12-9-20(34-6-2)18-23(22)35-25(28)26-24(29)19-7-10-21(11-8-19)36(30,31)27(14-16-32-3)15-17-33-4/h1,7-12,18H,6,13-17H2,2-4H3. The zero-order valence-corrected chi connectivity index (χ0v) is 22.1. The molecule has 0 bridgehead atoms. The van der Waals surface area contributed by atoms with E-state index < -0.39 is 15.9 Å². The lowest BCUT2D eigenvalue weighted by atomic mass is 10.2. The summed E-state index contributed by atoms with van der Waals surface area (Å²) in [4.78, 5) is 17.8. The summed E-state index contributed by atoms with van der Waals surface area (Å²) in [6, 6.07) is 11.3. The lowest BCUT2D eigenvalue weighted by Crippen LogP contribution is -2.36. The van der Waals surface area contributed by atoms with Gasteiger partial charge in [-0.15, -0.1) is 6.42 Å². The maximum atomic E-state index is 13.1. The first-order valence-electron chi connectivity index (χ1n) is 11.2. The minimum Gasteiger partial charge on any atom is -0.494 e. The summed E-state index contributed by atoms with van der Waals surface area (Å²) in [5, 5.41) is 0. The quantitative estimate of drug-likeness (QED) is 0.333. The fourth-order valence-corrected chi connectivity index (χ4v) is 5.91. The van der Waals surface area contributed by atoms with Crippen molar-refractivity contribution in [2.45, 2.75) is 18.4 Å². The van der Waals surface area contributed by atoms with E-state index in [9.17, 15) is 13.2 Å². The molecule has 0 radical (unpaired) electrons. The minimum atomic E-state index is -3.79. The molecule has 0 aliphatic rings. The molecule has 0 saturated heterocycles. The molecule has 36 heavy (non-hydrogen) atoms. The molecular weight excluding hydrogens is 502 g/mol. The van der Waals surface area contributed by atoms with Crippen molar-refractivity contribution < 1.29 is 27.4 Å². The predicted octanol–water partition coefficient (Wildman–Crippen LogP) is 2.76. The molecule has 0 unspecified atom stereocenters. The molecular formula is C25H29N3O6S2. The van der Waals surface area contributed by atoms with Crippen LogP contribution >= 0.6 is 11.3 Å². The average molecular weight is 532 g/mol. The average Bonchev–Trinajstić information content (AvgIpc) is 3.20. The maximum Gasteiger partial charge on any atom is 0.279 e. The second-order valence-corrected chi connectivity index (χ2v) is 10.5. The number of sulfonamides is 1. The van der Waals surface area contributed by atoms with E-state index in [0.29, 0.717) is 11.4 Å². The van der Waals surface area contributed by atoms with Crippen molar-refractivity contribution in [2.75, 3.05) is 47.1 Å². The van der Waals surface area contributed by atoms with Crippen molar-refractivity contribution in [3.63, 3.8) is 0 Å². The lowest BCUT2D eigenvalue weighted by Gasteiger charge is -2.21. The van der Waals surface area contributed by atoms with Crippen LogP contribution in [0.5, 0.6) is 5.75 Å². The van der Waals surface area contributed by atoms with Gasteiger partial charge in [-0.25, -0.2) is 8.42 Å². The van der Waals surface area contributed by atoms with Gasteiger partial charge in [0.15, 0.2) is 4.80 Å². The molecule has 0 spiro atoms. The van der Waals surface area contributed by atoms with Crippen LogP contribution in [-0.2, 0) is 26.0 Å². The Kier molecular flexibility index (Phi) is 9.81. The third-order valence-electron chi connectivity index (χ3n) is 5.24. The van der Waals surface area contributed by atoms with Crippen molar-refractivity contribution in [3.05, 3.63) is 52.8 Å². The van der Waals surface area contributed by atoms with Crippen molar-refractivity contribution in [2.24, 2.45) is 4.99 Å². The van der Waals surface area contributed by atoms with Gasteiger partial charge in [0.05, 0.1) is 41.5 Å². The molecule has 1 amide bonds. The van der Waals surface area contributed by atoms with Crippen LogP contribution in [0.1, 0.15) is 17.3 Å². The number of carbonyl (C=O) groups excluding carboxylic acids is 1. The van der Waals surface area contributed by atoms with Gasteiger partial charge in [-0.05, 0) is 49.4 Å². The Hall–Kier alpha value is -3.01. The molecule has 0 aliphatic heterocycles. The molecule has 3 rings (SSSR count). The fourth-order valence-electron chi connectivity index (χ4n) is 3.45. The van der Waals surface area contributed by atoms with Crippen LogP contribution in [0.3, 0.4) is 0 Å². The Morgan fingerprint density at radius 3 is 2.36 bits per heavy atom. The number of ether oxygens (including phenoxy) is 3. The Bertz CT molecular complexity index is 1390. The number of hydrogen-bond donors (Lipinski definition) is 0. The highest BCUT2D eigenvalue weighted by Crippen LogP contribution is 2.24. The number of thiazole rings is 1. The first-order valence-corrected chi connectivity index (χ1v) is 13.5. The zero-order valence-electron chi connectivity index (χ0n) is 20.5. The monoisotopic (exact) mass is 531 g/mol. The van der Waals surface area contributed by atoms with E-state index in [-0.39, 0.29) is 43.3 Å². The molecule has 2 aromatic carbocycles. The summed E-state index contributed by atoms with van der Waals surface area (Å²) < 4.78 is 45.8. The third-order valence-corrected chi connectivity index (χ3v) is 8.19. The van der Waals surface area contributed by atoms with Gasteiger partial charge in [0.2, 0.25) is 10.0 Å². The first kappa shape index (κ1) is 27.6. The number of methoxy groups -OCH3 is 2. The van der Waals surface area contributed by atoms with E-state index in [1.165, 1.54) is 54.1 Å². The smallest absolute Gasteiger partial charge is 0.279 e. The van der Waals surface area contributed by atoms with Gasteiger partial charge in [-0.3, -0.25) is 4.79 Å². The van der Waals surface area contributed by atoms with Crippen LogP contribution in [0.4, 0.5) is 0 Å². The second kappa shape index (κ2) is 12.8. The van der Waals surface area contributed by atoms with Crippen LogP contribution in [0, 0.1) is 12.3 Å². The molecule has 3 aromatic rings. The molecule has 0 atom stereocenters. The SMILES string of the molecule is C#CCn1c(=NC(=O)c2ccc(S(=O)(=O)N(CCOC)CCOC)cc2)sc2cc(OCC)ccc21. The van der Waals surface area contributed by atoms with Crippen LogP contribution in [-0.4, -0.2) is 70.3 Å². The molecule has 192 valence electrons. The third kappa shape index (κ3) is 6.40. The van der Waals surface area contributed by atoms with Gasteiger partial charge >= 0.3 is 0 Å². The molecule has 11 heteroatoms. The summed E-state index contributed by atoms with van der Waals surface area (Å²) >= 11 is 1.33. The maximum absolute atomic E-state index is 13.1. The first-order chi connectivity index (χ1) is 17.3. The number of benzene rings is 2. The molecule has 0 saturated carbocycles. The van der Waals surface area contributed by atoms with Crippen molar-refractivity contribution >= 4 is 37.5 Å². The Balaban J connectivity index is 1.92. The molecule has 1 aromatic heterocycles. The molecule has 0 N–H and O–H groups in total. The van der Waals surface area contributed by atoms with Crippen LogP contribution in [0.25, 0.3) is 10.2 Å². The normalized spacial score (nSPS) is 12.2. The number of nitrogens with zero attached hydrogens (tertiary/aromatic N) is 3. The molecule has 0 aliphatic carbocycles. The largest absolute Gasteiger partial charge is 0.494 e. The molecule has 1 heterocycles. The fraction of sp³-hybridized carbons (Fsp3) is 0.360. The summed E-state index contributed by atoms with van der Waals surface area (Å²) in [7, 11) is -0.778. The lowest BCUT2D eigenvalue weighted by molar-refractivity contribution is 0.0997. The summed E-state index contributed by atoms with van der Waals surface area (Å²) in [5.74, 6) is 2.82. The van der Waals surface area contributed by atoms with Gasteiger partial charge in [-0.2, -0.15) is 9.30 Å². The van der Waals surface area contributed by atoms with E-state index in [1.807, 2.05) is 25.1 Å². The van der Waals surface area contributed by atoms with Crippen molar-refractivity contribution in [1.82, 2.24) is 8.87 Å². The van der Waals surface area contributed by atoms with Gasteiger partial charge in [0.25, 0.3) is 5.91 Å². The van der Waals surface area contributed by atoms with Gasteiger partial charge in [0, 0.05) is 32.9 Å². The highest BCUT2D eigenvalue weighted by molar-refractivity contribution is 7.89. The topological polar surface area (TPSA) is 99.4 Å².